The number of hydrogen-bond donors (Lipinski definition) is 0. The fraction of sp³-hybridized carbons (Fsp3) is 0.333. The maximum Gasteiger partial charge on any atom is 0.266 e. The van der Waals surface area contributed by atoms with Gasteiger partial charge in [0.1, 0.15) is 4.90 Å². The molecule has 1 atom stereocenters. The molecule has 1 fully saturated rings. The highest BCUT2D eigenvalue weighted by Crippen LogP contribution is 2.26. The first-order valence-electron chi connectivity index (χ1n) is 8.94. The van der Waals surface area contributed by atoms with Crippen molar-refractivity contribution in [1.82, 2.24) is 28.9 Å². The van der Waals surface area contributed by atoms with Gasteiger partial charge in [0.25, 0.3) is 5.56 Å². The summed E-state index contributed by atoms with van der Waals surface area (Å²) in [5.41, 5.74) is 1.22. The molecule has 0 aliphatic carbocycles. The van der Waals surface area contributed by atoms with E-state index in [-0.39, 0.29) is 23.0 Å². The number of aryl methyl sites for hydroxylation is 1. The maximum absolute atomic E-state index is 13.0. The molecule has 146 valence electrons. The summed E-state index contributed by atoms with van der Waals surface area (Å²) >= 11 is 0. The second-order valence-electron chi connectivity index (χ2n) is 6.74. The summed E-state index contributed by atoms with van der Waals surface area (Å²) in [7, 11) is -1.99. The number of sulfonamides is 1. The second kappa shape index (κ2) is 7.28. The van der Waals surface area contributed by atoms with E-state index in [1.54, 1.807) is 25.5 Å². The lowest BCUT2D eigenvalue weighted by atomic mass is 10.2. The average molecular weight is 400 g/mol. The van der Waals surface area contributed by atoms with E-state index in [1.165, 1.54) is 32.1 Å². The van der Waals surface area contributed by atoms with E-state index in [4.69, 9.17) is 0 Å². The molecular weight excluding hydrogens is 380 g/mol. The van der Waals surface area contributed by atoms with Crippen molar-refractivity contribution >= 4 is 10.0 Å². The van der Waals surface area contributed by atoms with Gasteiger partial charge in [0, 0.05) is 49.9 Å². The van der Waals surface area contributed by atoms with Crippen LogP contribution in [0, 0.1) is 0 Å². The van der Waals surface area contributed by atoms with Crippen LogP contribution in [0.1, 0.15) is 12.8 Å². The normalized spacial score (nSPS) is 17.8. The van der Waals surface area contributed by atoms with Gasteiger partial charge in [-0.1, -0.05) is 0 Å². The largest absolute Gasteiger partial charge is 0.274 e. The third-order valence-electron chi connectivity index (χ3n) is 4.84. The Bertz CT molecular complexity index is 1140. The topological polar surface area (TPSA) is 103 Å². The predicted molar refractivity (Wildman–Crippen MR) is 102 cm³/mol. The molecule has 0 bridgehead atoms. The van der Waals surface area contributed by atoms with E-state index < -0.39 is 10.0 Å². The summed E-state index contributed by atoms with van der Waals surface area (Å²) < 4.78 is 30.2. The lowest BCUT2D eigenvalue weighted by Crippen LogP contribution is -2.40. The Balaban J connectivity index is 1.62. The van der Waals surface area contributed by atoms with Crippen LogP contribution in [0.4, 0.5) is 0 Å². The Labute approximate surface area is 162 Å². The quantitative estimate of drug-likeness (QED) is 0.630. The lowest BCUT2D eigenvalue weighted by molar-refractivity contribution is 0.335. The minimum Gasteiger partial charge on any atom is -0.274 e. The number of nitrogens with zero attached hydrogens (tertiary/aromatic N) is 6. The van der Waals surface area contributed by atoms with E-state index >= 15 is 0 Å². The Hall–Kier alpha value is -2.85. The molecule has 4 rings (SSSR count). The molecule has 0 spiro atoms. The molecule has 0 radical (unpaired) electrons. The molecule has 1 aliphatic rings. The van der Waals surface area contributed by atoms with Gasteiger partial charge in [-0.2, -0.15) is 14.5 Å². The van der Waals surface area contributed by atoms with Crippen LogP contribution >= 0.6 is 0 Å². The highest BCUT2D eigenvalue weighted by atomic mass is 32.2. The zero-order valence-electron chi connectivity index (χ0n) is 15.3. The van der Waals surface area contributed by atoms with Gasteiger partial charge < -0.3 is 0 Å². The molecule has 0 saturated carbocycles. The van der Waals surface area contributed by atoms with E-state index in [0.29, 0.717) is 18.7 Å². The highest BCUT2D eigenvalue weighted by Gasteiger charge is 2.36. The smallest absolute Gasteiger partial charge is 0.266 e. The molecule has 0 amide bonds. The summed E-state index contributed by atoms with van der Waals surface area (Å²) in [4.78, 5) is 16.5. The summed E-state index contributed by atoms with van der Waals surface area (Å²) in [6.07, 6.45) is 7.56. The first-order valence-corrected chi connectivity index (χ1v) is 10.4. The first kappa shape index (κ1) is 18.5. The van der Waals surface area contributed by atoms with Crippen molar-refractivity contribution in [2.75, 3.05) is 6.54 Å². The summed E-state index contributed by atoms with van der Waals surface area (Å²) in [5.74, 6) is 0. The molecule has 1 saturated heterocycles. The molecule has 4 heterocycles. The number of pyridine rings is 1. The van der Waals surface area contributed by atoms with Crippen molar-refractivity contribution in [1.29, 1.82) is 0 Å². The molecule has 9 nitrogen and oxygen atoms in total. The fourth-order valence-corrected chi connectivity index (χ4v) is 5.10. The van der Waals surface area contributed by atoms with Crippen LogP contribution in [0.25, 0.3) is 11.3 Å². The van der Waals surface area contributed by atoms with E-state index in [9.17, 15) is 13.2 Å². The van der Waals surface area contributed by atoms with Gasteiger partial charge in [0.15, 0.2) is 0 Å². The van der Waals surface area contributed by atoms with Crippen molar-refractivity contribution in [3.63, 3.8) is 0 Å². The second-order valence-corrected chi connectivity index (χ2v) is 8.63. The van der Waals surface area contributed by atoms with Crippen LogP contribution in [0.3, 0.4) is 0 Å². The molecule has 1 unspecified atom stereocenters. The third kappa shape index (κ3) is 3.48. The molecular formula is C18H20N6O3S. The van der Waals surface area contributed by atoms with Crippen LogP contribution in [0.2, 0.25) is 0 Å². The number of hydrogen-bond acceptors (Lipinski definition) is 6. The van der Waals surface area contributed by atoms with Crippen molar-refractivity contribution in [2.45, 2.75) is 30.3 Å². The van der Waals surface area contributed by atoms with Gasteiger partial charge in [0.05, 0.1) is 18.4 Å². The molecule has 3 aromatic heterocycles. The summed E-state index contributed by atoms with van der Waals surface area (Å²) in [5, 5.41) is 8.40. The van der Waals surface area contributed by atoms with Crippen LogP contribution in [0.5, 0.6) is 0 Å². The molecule has 10 heteroatoms. The minimum atomic E-state index is -3.66. The van der Waals surface area contributed by atoms with E-state index in [1.807, 2.05) is 12.1 Å². The Morgan fingerprint density at radius 2 is 1.96 bits per heavy atom. The maximum atomic E-state index is 13.0. The Kier molecular flexibility index (Phi) is 4.82. The lowest BCUT2D eigenvalue weighted by Gasteiger charge is -2.23. The zero-order chi connectivity index (χ0) is 19.7. The van der Waals surface area contributed by atoms with Gasteiger partial charge in [-0.25, -0.2) is 13.1 Å². The molecule has 1 aliphatic heterocycles. The fourth-order valence-electron chi connectivity index (χ4n) is 3.43. The highest BCUT2D eigenvalue weighted by molar-refractivity contribution is 7.89. The van der Waals surface area contributed by atoms with Crippen molar-refractivity contribution < 1.29 is 8.42 Å². The van der Waals surface area contributed by atoms with Crippen LogP contribution in [-0.4, -0.2) is 49.9 Å². The predicted octanol–water partition coefficient (Wildman–Crippen LogP) is 0.892. The van der Waals surface area contributed by atoms with E-state index in [2.05, 4.69) is 15.2 Å². The van der Waals surface area contributed by atoms with Gasteiger partial charge in [-0.05, 0) is 31.0 Å². The first-order chi connectivity index (χ1) is 13.4. The molecule has 3 aromatic rings. The van der Waals surface area contributed by atoms with Crippen molar-refractivity contribution in [2.24, 2.45) is 7.05 Å². The Morgan fingerprint density at radius 1 is 1.18 bits per heavy atom. The van der Waals surface area contributed by atoms with Gasteiger partial charge in [-0.3, -0.25) is 14.5 Å². The standard InChI is InChI=1S/C18H20N6O3S/c1-22-13-16(11-20-22)28(26,27)24-10-2-3-15(24)12-23-18(25)5-4-17(21-23)14-6-8-19-9-7-14/h4-9,11,13,15H,2-3,10,12H2,1H3. The van der Waals surface area contributed by atoms with Gasteiger partial charge in [-0.15, -0.1) is 0 Å². The van der Waals surface area contributed by atoms with Crippen LogP contribution in [0.15, 0.2) is 58.7 Å². The molecule has 28 heavy (non-hydrogen) atoms. The minimum absolute atomic E-state index is 0.160. The monoisotopic (exact) mass is 400 g/mol. The SMILES string of the molecule is Cn1cc(S(=O)(=O)N2CCCC2Cn2nc(-c3ccncc3)ccc2=O)cn1. The van der Waals surface area contributed by atoms with Gasteiger partial charge >= 0.3 is 0 Å². The third-order valence-corrected chi connectivity index (χ3v) is 6.74. The number of rotatable bonds is 5. The molecule has 0 aromatic carbocycles. The average Bonchev–Trinajstić information content (AvgIpc) is 3.34. The van der Waals surface area contributed by atoms with Crippen molar-refractivity contribution in [3.05, 3.63) is 59.4 Å². The zero-order valence-corrected chi connectivity index (χ0v) is 16.2. The van der Waals surface area contributed by atoms with Crippen molar-refractivity contribution in [3.8, 4) is 11.3 Å². The van der Waals surface area contributed by atoms with Gasteiger partial charge in [0.2, 0.25) is 10.0 Å². The molecule has 0 N–H and O–H groups in total. The number of aromatic nitrogens is 5. The van der Waals surface area contributed by atoms with Crippen LogP contribution < -0.4 is 5.56 Å². The van der Waals surface area contributed by atoms with E-state index in [0.717, 1.165) is 12.0 Å². The summed E-state index contributed by atoms with van der Waals surface area (Å²) in [6.45, 7) is 0.623. The summed E-state index contributed by atoms with van der Waals surface area (Å²) in [6, 6.07) is 6.41. The van der Waals surface area contributed by atoms with Crippen LogP contribution in [-0.2, 0) is 23.6 Å². The Morgan fingerprint density at radius 3 is 2.68 bits per heavy atom.